The van der Waals surface area contributed by atoms with Gasteiger partial charge in [0.2, 0.25) is 0 Å². The fourth-order valence-corrected chi connectivity index (χ4v) is 3.28. The Morgan fingerprint density at radius 3 is 2.33 bits per heavy atom. The number of ketones is 1. The van der Waals surface area contributed by atoms with E-state index in [9.17, 15) is 4.79 Å². The highest BCUT2D eigenvalue weighted by molar-refractivity contribution is 5.97. The molecule has 2 rings (SSSR count). The number of hydrogen-bond acceptors (Lipinski definition) is 2. The summed E-state index contributed by atoms with van der Waals surface area (Å²) >= 11 is 0. The lowest BCUT2D eigenvalue weighted by molar-refractivity contribution is 0.0889. The van der Waals surface area contributed by atoms with Gasteiger partial charge in [0.05, 0.1) is 6.54 Å². The van der Waals surface area contributed by atoms with Gasteiger partial charge in [0.15, 0.2) is 5.78 Å². The average molecular weight is 287 g/mol. The van der Waals surface area contributed by atoms with Gasteiger partial charge in [-0.1, -0.05) is 44.5 Å². The van der Waals surface area contributed by atoms with Gasteiger partial charge in [0.25, 0.3) is 0 Å². The van der Waals surface area contributed by atoms with Gasteiger partial charge in [-0.3, -0.25) is 9.69 Å². The Morgan fingerprint density at radius 1 is 1.14 bits per heavy atom. The second-order valence-corrected chi connectivity index (χ2v) is 6.70. The van der Waals surface area contributed by atoms with Gasteiger partial charge in [-0.25, -0.2) is 0 Å². The zero-order chi connectivity index (χ0) is 15.2. The Kier molecular flexibility index (Phi) is 5.98. The average Bonchev–Trinajstić information content (AvgIpc) is 2.49. The molecule has 0 heterocycles. The van der Waals surface area contributed by atoms with E-state index >= 15 is 0 Å². The van der Waals surface area contributed by atoms with Gasteiger partial charge in [0, 0.05) is 11.6 Å². The summed E-state index contributed by atoms with van der Waals surface area (Å²) in [5.74, 6) is 1.11. The molecule has 1 aliphatic rings. The summed E-state index contributed by atoms with van der Waals surface area (Å²) < 4.78 is 0. The number of aryl methyl sites for hydroxylation is 1. The van der Waals surface area contributed by atoms with E-state index in [1.165, 1.54) is 31.2 Å². The highest BCUT2D eigenvalue weighted by atomic mass is 16.1. The molecule has 116 valence electrons. The number of rotatable bonds is 6. The van der Waals surface area contributed by atoms with Crippen LogP contribution in [-0.4, -0.2) is 30.3 Å². The smallest absolute Gasteiger partial charge is 0.176 e. The second-order valence-electron chi connectivity index (χ2n) is 6.70. The maximum Gasteiger partial charge on any atom is 0.176 e. The van der Waals surface area contributed by atoms with E-state index in [-0.39, 0.29) is 5.78 Å². The summed E-state index contributed by atoms with van der Waals surface area (Å²) in [7, 11) is 2.10. The van der Waals surface area contributed by atoms with Crippen molar-refractivity contribution in [2.75, 3.05) is 13.6 Å². The van der Waals surface area contributed by atoms with Crippen LogP contribution < -0.4 is 0 Å². The topological polar surface area (TPSA) is 20.3 Å². The predicted octanol–water partition coefficient (Wildman–Crippen LogP) is 4.33. The summed E-state index contributed by atoms with van der Waals surface area (Å²) in [4.78, 5) is 14.6. The van der Waals surface area contributed by atoms with Crippen LogP contribution in [0.4, 0.5) is 0 Å². The van der Waals surface area contributed by atoms with Crippen LogP contribution in [0.25, 0.3) is 0 Å². The van der Waals surface area contributed by atoms with Crippen LogP contribution in [0.1, 0.15) is 61.9 Å². The van der Waals surface area contributed by atoms with Crippen molar-refractivity contribution >= 4 is 5.78 Å². The molecule has 0 amide bonds. The van der Waals surface area contributed by atoms with E-state index in [1.807, 2.05) is 12.1 Å². The Labute approximate surface area is 129 Å². The summed E-state index contributed by atoms with van der Waals surface area (Å²) in [6, 6.07) is 8.76. The van der Waals surface area contributed by atoms with Crippen molar-refractivity contribution in [1.82, 2.24) is 4.90 Å². The number of benzene rings is 1. The fraction of sp³-hybridized carbons (Fsp3) is 0.632. The second kappa shape index (κ2) is 7.74. The molecule has 0 unspecified atom stereocenters. The molecular weight excluding hydrogens is 258 g/mol. The largest absolute Gasteiger partial charge is 0.296 e. The van der Waals surface area contributed by atoms with E-state index in [1.54, 1.807) is 0 Å². The van der Waals surface area contributed by atoms with Gasteiger partial charge in [0.1, 0.15) is 0 Å². The minimum atomic E-state index is 0.249. The molecule has 1 aromatic carbocycles. The number of carbonyl (C=O) groups excluding carboxylic acids is 1. The molecule has 0 aromatic heterocycles. The molecule has 0 aliphatic heterocycles. The SMILES string of the molecule is CCCc1ccc(C(=O)CN(C)C2CCC(C)CC2)cc1. The summed E-state index contributed by atoms with van der Waals surface area (Å²) in [6.45, 7) is 5.06. The first-order valence-corrected chi connectivity index (χ1v) is 8.42. The molecule has 0 radical (unpaired) electrons. The molecule has 0 saturated heterocycles. The Bertz CT molecular complexity index is 443. The van der Waals surface area contributed by atoms with Gasteiger partial charge in [-0.05, 0) is 50.6 Å². The van der Waals surface area contributed by atoms with Crippen LogP contribution in [0, 0.1) is 5.92 Å². The van der Waals surface area contributed by atoms with Crippen LogP contribution in [0.2, 0.25) is 0 Å². The maximum absolute atomic E-state index is 12.4. The quantitative estimate of drug-likeness (QED) is 0.726. The van der Waals surface area contributed by atoms with Crippen molar-refractivity contribution in [2.45, 2.75) is 58.4 Å². The maximum atomic E-state index is 12.4. The zero-order valence-corrected chi connectivity index (χ0v) is 13.8. The Hall–Kier alpha value is -1.15. The molecule has 0 atom stereocenters. The lowest BCUT2D eigenvalue weighted by atomic mass is 9.86. The molecule has 0 bridgehead atoms. The van der Waals surface area contributed by atoms with Crippen LogP contribution in [-0.2, 0) is 6.42 Å². The molecule has 2 heteroatoms. The summed E-state index contributed by atoms with van der Waals surface area (Å²) in [6.07, 6.45) is 7.31. The first kappa shape index (κ1) is 16.2. The van der Waals surface area contributed by atoms with Gasteiger partial charge in [-0.2, -0.15) is 0 Å². The van der Waals surface area contributed by atoms with Gasteiger partial charge < -0.3 is 0 Å². The van der Waals surface area contributed by atoms with Crippen molar-refractivity contribution in [3.8, 4) is 0 Å². The van der Waals surface area contributed by atoms with Crippen molar-refractivity contribution in [3.63, 3.8) is 0 Å². The summed E-state index contributed by atoms with van der Waals surface area (Å²) in [5, 5.41) is 0. The van der Waals surface area contributed by atoms with Crippen LogP contribution in [0.5, 0.6) is 0 Å². The van der Waals surface area contributed by atoms with Crippen LogP contribution >= 0.6 is 0 Å². The van der Waals surface area contributed by atoms with E-state index < -0.39 is 0 Å². The van der Waals surface area contributed by atoms with Gasteiger partial charge in [-0.15, -0.1) is 0 Å². The Balaban J connectivity index is 1.88. The van der Waals surface area contributed by atoms with E-state index in [0.717, 1.165) is 24.3 Å². The van der Waals surface area contributed by atoms with Gasteiger partial charge >= 0.3 is 0 Å². The molecule has 0 N–H and O–H groups in total. The van der Waals surface area contributed by atoms with Crippen molar-refractivity contribution < 1.29 is 4.79 Å². The first-order chi connectivity index (χ1) is 10.1. The molecule has 21 heavy (non-hydrogen) atoms. The fourth-order valence-electron chi connectivity index (χ4n) is 3.28. The molecule has 1 saturated carbocycles. The van der Waals surface area contributed by atoms with E-state index in [4.69, 9.17) is 0 Å². The van der Waals surface area contributed by atoms with E-state index in [2.05, 4.69) is 37.9 Å². The molecule has 1 aromatic rings. The molecule has 2 nitrogen and oxygen atoms in total. The van der Waals surface area contributed by atoms with Crippen molar-refractivity contribution in [3.05, 3.63) is 35.4 Å². The molecule has 1 fully saturated rings. The first-order valence-electron chi connectivity index (χ1n) is 8.42. The van der Waals surface area contributed by atoms with E-state index in [0.29, 0.717) is 12.6 Å². The monoisotopic (exact) mass is 287 g/mol. The van der Waals surface area contributed by atoms with Crippen molar-refractivity contribution in [1.29, 1.82) is 0 Å². The number of carbonyl (C=O) groups is 1. The highest BCUT2D eigenvalue weighted by Gasteiger charge is 2.23. The number of Topliss-reactive ketones (excluding diaryl/α,β-unsaturated/α-hetero) is 1. The standard InChI is InChI=1S/C19H29NO/c1-4-5-16-8-10-17(11-9-16)19(21)14-20(3)18-12-6-15(2)7-13-18/h8-11,15,18H,4-7,12-14H2,1-3H3. The third-order valence-electron chi connectivity index (χ3n) is 4.82. The Morgan fingerprint density at radius 2 is 1.76 bits per heavy atom. The zero-order valence-electron chi connectivity index (χ0n) is 13.8. The third kappa shape index (κ3) is 4.67. The minimum Gasteiger partial charge on any atom is -0.296 e. The van der Waals surface area contributed by atoms with Crippen molar-refractivity contribution in [2.24, 2.45) is 5.92 Å². The number of likely N-dealkylation sites (N-methyl/N-ethyl adjacent to an activating group) is 1. The molecular formula is C19H29NO. The lowest BCUT2D eigenvalue weighted by Gasteiger charge is -2.33. The van der Waals surface area contributed by atoms with Crippen LogP contribution in [0.3, 0.4) is 0 Å². The highest BCUT2D eigenvalue weighted by Crippen LogP contribution is 2.26. The molecule has 0 spiro atoms. The normalized spacial score (nSPS) is 22.5. The number of nitrogens with zero attached hydrogens (tertiary/aromatic N) is 1. The minimum absolute atomic E-state index is 0.249. The lowest BCUT2D eigenvalue weighted by Crippen LogP contribution is -2.38. The number of hydrogen-bond donors (Lipinski definition) is 0. The third-order valence-corrected chi connectivity index (χ3v) is 4.82. The predicted molar refractivity (Wildman–Crippen MR) is 88.8 cm³/mol. The molecule has 1 aliphatic carbocycles. The summed E-state index contributed by atoms with van der Waals surface area (Å²) in [5.41, 5.74) is 2.18. The van der Waals surface area contributed by atoms with Crippen LogP contribution in [0.15, 0.2) is 24.3 Å².